The Morgan fingerprint density at radius 1 is 1.07 bits per heavy atom. The molecule has 148 valence electrons. The van der Waals surface area contributed by atoms with Gasteiger partial charge in [0, 0.05) is 19.6 Å². The second-order valence-corrected chi connectivity index (χ2v) is 9.83. The maximum absolute atomic E-state index is 12.8. The Kier molecular flexibility index (Phi) is 5.02. The minimum Gasteiger partial charge on any atom is -0.351 e. The van der Waals surface area contributed by atoms with E-state index in [0.29, 0.717) is 24.5 Å². The number of nitrogens with one attached hydrogen (secondary N) is 1. The third-order valence-electron chi connectivity index (χ3n) is 5.83. The van der Waals surface area contributed by atoms with Crippen LogP contribution in [0.2, 0.25) is 0 Å². The molecule has 0 aromatic heterocycles. The summed E-state index contributed by atoms with van der Waals surface area (Å²) in [4.78, 5) is 13.1. The molecule has 1 aliphatic heterocycles. The molecule has 28 heavy (non-hydrogen) atoms. The summed E-state index contributed by atoms with van der Waals surface area (Å²) in [5.74, 6) is 0.0480. The number of aryl methyl sites for hydroxylation is 1. The summed E-state index contributed by atoms with van der Waals surface area (Å²) in [6, 6.07) is 15.0. The fourth-order valence-electron chi connectivity index (χ4n) is 3.92. The summed E-state index contributed by atoms with van der Waals surface area (Å²) < 4.78 is 26.7. The van der Waals surface area contributed by atoms with Gasteiger partial charge in [-0.2, -0.15) is 4.31 Å². The van der Waals surface area contributed by atoms with Crippen LogP contribution in [0.5, 0.6) is 0 Å². The number of hydrogen-bond acceptors (Lipinski definition) is 3. The van der Waals surface area contributed by atoms with Crippen molar-refractivity contribution in [3.05, 3.63) is 65.2 Å². The van der Waals surface area contributed by atoms with Gasteiger partial charge in [-0.05, 0) is 55.9 Å². The Hall–Kier alpha value is -2.18. The predicted octanol–water partition coefficient (Wildman–Crippen LogP) is 3.13. The molecule has 2 fully saturated rings. The van der Waals surface area contributed by atoms with E-state index in [9.17, 15) is 13.2 Å². The minimum atomic E-state index is -3.39. The highest BCUT2D eigenvalue weighted by atomic mass is 32.2. The second kappa shape index (κ2) is 7.33. The zero-order valence-corrected chi connectivity index (χ0v) is 17.0. The number of nitrogens with zero attached hydrogens (tertiary/aromatic N) is 1. The van der Waals surface area contributed by atoms with Gasteiger partial charge in [0.2, 0.25) is 15.9 Å². The molecule has 1 saturated heterocycles. The summed E-state index contributed by atoms with van der Waals surface area (Å²) in [5.41, 5.74) is 2.74. The van der Waals surface area contributed by atoms with Gasteiger partial charge in [0.05, 0.1) is 10.3 Å². The van der Waals surface area contributed by atoms with Crippen molar-refractivity contribution in [3.8, 4) is 0 Å². The van der Waals surface area contributed by atoms with Crippen molar-refractivity contribution in [1.29, 1.82) is 0 Å². The van der Waals surface area contributed by atoms with E-state index in [4.69, 9.17) is 0 Å². The highest BCUT2D eigenvalue weighted by Crippen LogP contribution is 2.48. The number of benzene rings is 2. The molecule has 2 aromatic rings. The van der Waals surface area contributed by atoms with E-state index < -0.39 is 15.4 Å². The summed E-state index contributed by atoms with van der Waals surface area (Å²) in [5, 5.41) is 3.03. The van der Waals surface area contributed by atoms with E-state index in [0.717, 1.165) is 42.4 Å². The minimum absolute atomic E-state index is 0.0480. The molecular formula is C22H26N2O3S. The molecule has 0 bridgehead atoms. The van der Waals surface area contributed by atoms with Crippen LogP contribution in [0, 0.1) is 6.92 Å². The van der Waals surface area contributed by atoms with Crippen molar-refractivity contribution < 1.29 is 13.2 Å². The summed E-state index contributed by atoms with van der Waals surface area (Å²) in [7, 11) is -3.39. The zero-order chi connectivity index (χ0) is 19.8. The highest BCUT2D eigenvalue weighted by molar-refractivity contribution is 7.89. The molecule has 1 aliphatic carbocycles. The van der Waals surface area contributed by atoms with E-state index in [2.05, 4.69) is 11.4 Å². The lowest BCUT2D eigenvalue weighted by molar-refractivity contribution is -0.123. The van der Waals surface area contributed by atoms with Gasteiger partial charge >= 0.3 is 0 Å². The summed E-state index contributed by atoms with van der Waals surface area (Å²) >= 11 is 0. The van der Waals surface area contributed by atoms with Crippen LogP contribution in [0.1, 0.15) is 42.4 Å². The second-order valence-electron chi connectivity index (χ2n) is 7.89. The molecule has 5 nitrogen and oxygen atoms in total. The van der Waals surface area contributed by atoms with Crippen LogP contribution >= 0.6 is 0 Å². The molecule has 2 aliphatic rings. The normalized spacial score (nSPS) is 18.8. The van der Waals surface area contributed by atoms with Crippen LogP contribution in [0.3, 0.4) is 0 Å². The average molecular weight is 399 g/mol. The average Bonchev–Trinajstić information content (AvgIpc) is 3.32. The van der Waals surface area contributed by atoms with E-state index in [1.807, 2.05) is 25.1 Å². The van der Waals surface area contributed by atoms with Crippen molar-refractivity contribution in [2.45, 2.75) is 49.5 Å². The number of carbonyl (C=O) groups excluding carboxylic acids is 1. The lowest BCUT2D eigenvalue weighted by Gasteiger charge is -2.17. The van der Waals surface area contributed by atoms with Gasteiger partial charge in [-0.15, -0.1) is 0 Å². The number of rotatable bonds is 6. The number of hydrogen-bond donors (Lipinski definition) is 1. The van der Waals surface area contributed by atoms with Crippen LogP contribution in [-0.2, 0) is 26.8 Å². The fourth-order valence-corrected chi connectivity index (χ4v) is 5.44. The summed E-state index contributed by atoms with van der Waals surface area (Å²) in [6.45, 7) is 3.63. The third-order valence-corrected chi connectivity index (χ3v) is 7.75. The molecule has 4 rings (SSSR count). The standard InChI is InChI=1S/C22H26N2O3S/c1-17-5-4-6-19(15-17)22(11-12-22)21(25)23-16-18-7-9-20(10-8-18)28(26,27)24-13-2-3-14-24/h4-10,15H,2-3,11-14,16H2,1H3,(H,23,25). The molecule has 0 radical (unpaired) electrons. The van der Waals surface area contributed by atoms with Crippen LogP contribution in [-0.4, -0.2) is 31.7 Å². The zero-order valence-electron chi connectivity index (χ0n) is 16.1. The van der Waals surface area contributed by atoms with Gasteiger partial charge in [-0.3, -0.25) is 4.79 Å². The van der Waals surface area contributed by atoms with Crippen LogP contribution in [0.15, 0.2) is 53.4 Å². The number of amides is 1. The van der Waals surface area contributed by atoms with Crippen LogP contribution in [0.25, 0.3) is 0 Å². The van der Waals surface area contributed by atoms with Crippen molar-refractivity contribution in [2.24, 2.45) is 0 Å². The smallest absolute Gasteiger partial charge is 0.243 e. The summed E-state index contributed by atoms with van der Waals surface area (Å²) in [6.07, 6.45) is 3.59. The first-order valence-electron chi connectivity index (χ1n) is 9.86. The lowest BCUT2D eigenvalue weighted by Crippen LogP contribution is -2.34. The predicted molar refractivity (Wildman–Crippen MR) is 108 cm³/mol. The quantitative estimate of drug-likeness (QED) is 0.813. The monoisotopic (exact) mass is 398 g/mol. The molecule has 0 spiro atoms. The molecule has 0 atom stereocenters. The lowest BCUT2D eigenvalue weighted by atomic mass is 9.93. The first kappa shape index (κ1) is 19.2. The largest absolute Gasteiger partial charge is 0.351 e. The Bertz CT molecular complexity index is 973. The highest BCUT2D eigenvalue weighted by Gasteiger charge is 2.51. The van der Waals surface area contributed by atoms with Crippen molar-refractivity contribution in [1.82, 2.24) is 9.62 Å². The Balaban J connectivity index is 1.41. The Labute approximate surface area is 166 Å². The Morgan fingerprint density at radius 2 is 1.75 bits per heavy atom. The van der Waals surface area contributed by atoms with Crippen LogP contribution in [0.4, 0.5) is 0 Å². The molecule has 1 N–H and O–H groups in total. The van der Waals surface area contributed by atoms with E-state index in [1.165, 1.54) is 0 Å². The van der Waals surface area contributed by atoms with Crippen molar-refractivity contribution >= 4 is 15.9 Å². The Morgan fingerprint density at radius 3 is 2.36 bits per heavy atom. The topological polar surface area (TPSA) is 66.5 Å². The maximum atomic E-state index is 12.8. The maximum Gasteiger partial charge on any atom is 0.243 e. The van der Waals surface area contributed by atoms with Crippen molar-refractivity contribution in [2.75, 3.05) is 13.1 Å². The molecule has 1 amide bonds. The molecule has 1 heterocycles. The molecule has 0 unspecified atom stereocenters. The number of carbonyl (C=O) groups is 1. The van der Waals surface area contributed by atoms with Crippen LogP contribution < -0.4 is 5.32 Å². The fraction of sp³-hybridized carbons (Fsp3) is 0.409. The van der Waals surface area contributed by atoms with E-state index >= 15 is 0 Å². The van der Waals surface area contributed by atoms with Gasteiger partial charge in [0.15, 0.2) is 0 Å². The molecule has 2 aromatic carbocycles. The van der Waals surface area contributed by atoms with Gasteiger partial charge in [0.25, 0.3) is 0 Å². The number of sulfonamides is 1. The van der Waals surface area contributed by atoms with Gasteiger partial charge in [-0.1, -0.05) is 42.0 Å². The first-order chi connectivity index (χ1) is 13.4. The molecule has 1 saturated carbocycles. The van der Waals surface area contributed by atoms with E-state index in [1.54, 1.807) is 28.6 Å². The molecule has 6 heteroatoms. The van der Waals surface area contributed by atoms with Gasteiger partial charge in [-0.25, -0.2) is 8.42 Å². The molecular weight excluding hydrogens is 372 g/mol. The SMILES string of the molecule is Cc1cccc(C2(C(=O)NCc3ccc(S(=O)(=O)N4CCCC4)cc3)CC2)c1. The van der Waals surface area contributed by atoms with E-state index in [-0.39, 0.29) is 5.91 Å². The first-order valence-corrected chi connectivity index (χ1v) is 11.3. The van der Waals surface area contributed by atoms with Gasteiger partial charge < -0.3 is 5.32 Å². The van der Waals surface area contributed by atoms with Crippen molar-refractivity contribution in [3.63, 3.8) is 0 Å². The van der Waals surface area contributed by atoms with Gasteiger partial charge in [0.1, 0.15) is 0 Å². The third kappa shape index (κ3) is 3.59.